The van der Waals surface area contributed by atoms with Crippen molar-refractivity contribution in [2.24, 2.45) is 0 Å². The van der Waals surface area contributed by atoms with Crippen LogP contribution in [0, 0.1) is 6.92 Å². The summed E-state index contributed by atoms with van der Waals surface area (Å²) in [6.45, 7) is 2.06. The molecule has 2 nitrogen and oxygen atoms in total. The van der Waals surface area contributed by atoms with Crippen molar-refractivity contribution in [3.05, 3.63) is 95.6 Å². The highest BCUT2D eigenvalue weighted by molar-refractivity contribution is 7.99. The summed E-state index contributed by atoms with van der Waals surface area (Å²) in [5.74, 6) is 0.0575. The second kappa shape index (κ2) is 6.17. The summed E-state index contributed by atoms with van der Waals surface area (Å²) in [5, 5.41) is -0.0590. The van der Waals surface area contributed by atoms with Gasteiger partial charge in [-0.3, -0.25) is 9.69 Å². The summed E-state index contributed by atoms with van der Waals surface area (Å²) in [5.41, 5.74) is 4.02. The zero-order valence-electron chi connectivity index (χ0n) is 13.3. The van der Waals surface area contributed by atoms with Crippen LogP contribution >= 0.6 is 11.8 Å². The van der Waals surface area contributed by atoms with Crippen LogP contribution in [0.5, 0.6) is 0 Å². The highest BCUT2D eigenvalue weighted by atomic mass is 32.2. The van der Waals surface area contributed by atoms with Crippen LogP contribution in [0.2, 0.25) is 0 Å². The Bertz CT molecular complexity index is 874. The molecule has 0 N–H and O–H groups in total. The average Bonchev–Trinajstić information content (AvgIpc) is 2.63. The quantitative estimate of drug-likeness (QED) is 0.622. The van der Waals surface area contributed by atoms with Gasteiger partial charge in [-0.15, -0.1) is 0 Å². The zero-order valence-corrected chi connectivity index (χ0v) is 14.2. The van der Waals surface area contributed by atoms with Crippen LogP contribution in [0.3, 0.4) is 0 Å². The van der Waals surface area contributed by atoms with Gasteiger partial charge in [0.1, 0.15) is 5.37 Å². The minimum absolute atomic E-state index is 0.0575. The maximum absolute atomic E-state index is 13.2. The molecule has 3 aromatic carbocycles. The first-order valence-electron chi connectivity index (χ1n) is 7.95. The number of amides is 1. The summed E-state index contributed by atoms with van der Waals surface area (Å²) in [7, 11) is 0. The molecule has 1 atom stereocenters. The fourth-order valence-corrected chi connectivity index (χ4v) is 4.24. The van der Waals surface area contributed by atoms with Gasteiger partial charge >= 0.3 is 0 Å². The third-order valence-electron chi connectivity index (χ3n) is 4.21. The van der Waals surface area contributed by atoms with Gasteiger partial charge in [0.05, 0.1) is 5.56 Å². The molecule has 1 unspecified atom stereocenters. The SMILES string of the molecule is Cc1ccc(N2C(=O)c3ccccc3SC2c2ccccc2)cc1. The van der Waals surface area contributed by atoms with Gasteiger partial charge in [-0.1, -0.05) is 71.9 Å². The van der Waals surface area contributed by atoms with Gasteiger partial charge in [0, 0.05) is 10.6 Å². The van der Waals surface area contributed by atoms with Crippen LogP contribution in [-0.2, 0) is 0 Å². The van der Waals surface area contributed by atoms with Crippen molar-refractivity contribution >= 4 is 23.4 Å². The molecule has 0 bridgehead atoms. The van der Waals surface area contributed by atoms with E-state index in [1.165, 1.54) is 5.56 Å². The molecule has 3 aromatic rings. The predicted octanol–water partition coefficient (Wildman–Crippen LogP) is 5.45. The van der Waals surface area contributed by atoms with Crippen molar-refractivity contribution in [3.8, 4) is 0 Å². The lowest BCUT2D eigenvalue weighted by Crippen LogP contribution is -2.36. The van der Waals surface area contributed by atoms with Gasteiger partial charge in [0.25, 0.3) is 5.91 Å². The molecule has 0 aromatic heterocycles. The summed E-state index contributed by atoms with van der Waals surface area (Å²) in [6.07, 6.45) is 0. The van der Waals surface area contributed by atoms with Crippen LogP contribution in [0.25, 0.3) is 0 Å². The Labute approximate surface area is 146 Å². The molecule has 4 rings (SSSR count). The first kappa shape index (κ1) is 15.0. The van der Waals surface area contributed by atoms with E-state index < -0.39 is 0 Å². The minimum Gasteiger partial charge on any atom is -0.291 e. The second-order valence-corrected chi connectivity index (χ2v) is 7.01. The third kappa shape index (κ3) is 2.61. The van der Waals surface area contributed by atoms with Crippen LogP contribution < -0.4 is 4.90 Å². The molecular formula is C21H17NOS. The number of anilines is 1. The largest absolute Gasteiger partial charge is 0.291 e. The van der Waals surface area contributed by atoms with Crippen LogP contribution in [0.4, 0.5) is 5.69 Å². The molecule has 0 radical (unpaired) electrons. The molecule has 1 aliphatic rings. The van der Waals surface area contributed by atoms with Crippen molar-refractivity contribution in [2.75, 3.05) is 4.90 Å². The summed E-state index contributed by atoms with van der Waals surface area (Å²) in [4.78, 5) is 16.1. The molecule has 0 saturated heterocycles. The standard InChI is InChI=1S/C21H17NOS/c1-15-11-13-17(14-12-15)22-20(23)18-9-5-6-10-19(18)24-21(22)16-7-3-2-4-8-16/h2-14,21H,1H3. The Morgan fingerprint density at radius 2 is 1.50 bits per heavy atom. The van der Waals surface area contributed by atoms with Crippen molar-refractivity contribution < 1.29 is 4.79 Å². The smallest absolute Gasteiger partial charge is 0.260 e. The Kier molecular flexibility index (Phi) is 3.87. The lowest BCUT2D eigenvalue weighted by atomic mass is 10.1. The van der Waals surface area contributed by atoms with Crippen LogP contribution in [0.1, 0.15) is 26.9 Å². The highest BCUT2D eigenvalue weighted by Crippen LogP contribution is 2.46. The number of fused-ring (bicyclic) bond motifs is 1. The number of rotatable bonds is 2. The Balaban J connectivity index is 1.86. The number of hydrogen-bond donors (Lipinski definition) is 0. The number of aryl methyl sites for hydroxylation is 1. The van der Waals surface area contributed by atoms with Crippen molar-refractivity contribution in [3.63, 3.8) is 0 Å². The summed E-state index contributed by atoms with van der Waals surface area (Å²) in [6, 6.07) is 26.2. The number of carbonyl (C=O) groups excluding carboxylic acids is 1. The van der Waals surface area contributed by atoms with E-state index in [9.17, 15) is 4.79 Å². The van der Waals surface area contributed by atoms with Gasteiger partial charge in [-0.25, -0.2) is 0 Å². The van der Waals surface area contributed by atoms with E-state index in [1.54, 1.807) is 11.8 Å². The lowest BCUT2D eigenvalue weighted by molar-refractivity contribution is 0.0979. The second-order valence-electron chi connectivity index (χ2n) is 5.89. The van der Waals surface area contributed by atoms with Gasteiger partial charge in [-0.2, -0.15) is 0 Å². The molecular weight excluding hydrogens is 314 g/mol. The fourth-order valence-electron chi connectivity index (χ4n) is 2.95. The third-order valence-corrected chi connectivity index (χ3v) is 5.52. The minimum atomic E-state index is -0.0590. The van der Waals surface area contributed by atoms with Crippen molar-refractivity contribution in [2.45, 2.75) is 17.2 Å². The molecule has 1 amide bonds. The molecule has 3 heteroatoms. The topological polar surface area (TPSA) is 20.3 Å². The first-order chi connectivity index (χ1) is 11.7. The van der Waals surface area contributed by atoms with E-state index in [-0.39, 0.29) is 11.3 Å². The number of carbonyl (C=O) groups is 1. The Hall–Kier alpha value is -2.52. The average molecular weight is 331 g/mol. The van der Waals surface area contributed by atoms with Gasteiger partial charge in [-0.05, 0) is 36.8 Å². The maximum atomic E-state index is 13.2. The van der Waals surface area contributed by atoms with E-state index in [4.69, 9.17) is 0 Å². The molecule has 0 saturated carbocycles. The van der Waals surface area contributed by atoms with E-state index in [0.29, 0.717) is 0 Å². The molecule has 0 aliphatic carbocycles. The maximum Gasteiger partial charge on any atom is 0.260 e. The fraction of sp³-hybridized carbons (Fsp3) is 0.0952. The lowest BCUT2D eigenvalue weighted by Gasteiger charge is -2.36. The predicted molar refractivity (Wildman–Crippen MR) is 99.5 cm³/mol. The van der Waals surface area contributed by atoms with Crippen LogP contribution in [-0.4, -0.2) is 5.91 Å². The zero-order chi connectivity index (χ0) is 16.5. The highest BCUT2D eigenvalue weighted by Gasteiger charge is 2.34. The first-order valence-corrected chi connectivity index (χ1v) is 8.83. The number of hydrogen-bond acceptors (Lipinski definition) is 2. The number of thioether (sulfide) groups is 1. The number of benzene rings is 3. The Morgan fingerprint density at radius 3 is 2.25 bits per heavy atom. The van der Waals surface area contributed by atoms with E-state index >= 15 is 0 Å². The molecule has 0 spiro atoms. The van der Waals surface area contributed by atoms with Crippen molar-refractivity contribution in [1.29, 1.82) is 0 Å². The molecule has 24 heavy (non-hydrogen) atoms. The van der Waals surface area contributed by atoms with Gasteiger partial charge < -0.3 is 0 Å². The normalized spacial score (nSPS) is 16.8. The van der Waals surface area contributed by atoms with Crippen LogP contribution in [0.15, 0.2) is 83.8 Å². The molecule has 118 valence electrons. The summed E-state index contributed by atoms with van der Waals surface area (Å²) >= 11 is 1.73. The van der Waals surface area contributed by atoms with E-state index in [0.717, 1.165) is 21.7 Å². The van der Waals surface area contributed by atoms with Crippen molar-refractivity contribution in [1.82, 2.24) is 0 Å². The van der Waals surface area contributed by atoms with E-state index in [2.05, 4.69) is 31.2 Å². The molecule has 1 heterocycles. The monoisotopic (exact) mass is 331 g/mol. The molecule has 1 aliphatic heterocycles. The summed E-state index contributed by atoms with van der Waals surface area (Å²) < 4.78 is 0. The number of nitrogens with zero attached hydrogens (tertiary/aromatic N) is 1. The van der Waals surface area contributed by atoms with Gasteiger partial charge in [0.2, 0.25) is 0 Å². The van der Waals surface area contributed by atoms with E-state index in [1.807, 2.05) is 59.5 Å². The Morgan fingerprint density at radius 1 is 0.833 bits per heavy atom. The van der Waals surface area contributed by atoms with Gasteiger partial charge in [0.15, 0.2) is 0 Å². The molecule has 0 fully saturated rings.